The Hall–Kier alpha value is -0.800. The molecule has 0 amide bonds. The molecule has 1 atom stereocenters. The Balaban J connectivity index is 3.03. The Morgan fingerprint density at radius 2 is 2.20 bits per heavy atom. The zero-order valence-electron chi connectivity index (χ0n) is 9.33. The summed E-state index contributed by atoms with van der Waals surface area (Å²) < 4.78 is 5.05. The van der Waals surface area contributed by atoms with Crippen molar-refractivity contribution in [3.05, 3.63) is 23.0 Å². The van der Waals surface area contributed by atoms with E-state index in [1.54, 1.807) is 19.4 Å². The number of halogens is 1. The monoisotopic (exact) mass is 228 g/mol. The zero-order valence-corrected chi connectivity index (χ0v) is 10.1. The van der Waals surface area contributed by atoms with Crippen LogP contribution in [-0.4, -0.2) is 18.6 Å². The normalized spacial score (nSPS) is 12.9. The molecule has 1 aromatic rings. The van der Waals surface area contributed by atoms with Gasteiger partial charge in [0.1, 0.15) is 5.75 Å². The van der Waals surface area contributed by atoms with E-state index in [0.717, 1.165) is 5.69 Å². The molecule has 0 bridgehead atoms. The second-order valence-corrected chi connectivity index (χ2v) is 4.24. The van der Waals surface area contributed by atoms with Gasteiger partial charge >= 0.3 is 0 Å². The summed E-state index contributed by atoms with van der Waals surface area (Å²) in [6.07, 6.45) is 1.67. The molecule has 0 radical (unpaired) electrons. The Labute approximate surface area is 95.6 Å². The molecular weight excluding hydrogens is 212 g/mol. The quantitative estimate of drug-likeness (QED) is 0.861. The van der Waals surface area contributed by atoms with E-state index in [-0.39, 0.29) is 5.92 Å². The maximum absolute atomic E-state index is 6.13. The van der Waals surface area contributed by atoms with Gasteiger partial charge in [-0.3, -0.25) is 4.98 Å². The van der Waals surface area contributed by atoms with Crippen molar-refractivity contribution in [2.45, 2.75) is 19.8 Å². The largest absolute Gasteiger partial charge is 0.495 e. The Bertz CT molecular complexity index is 328. The van der Waals surface area contributed by atoms with Crippen LogP contribution in [0.4, 0.5) is 0 Å². The van der Waals surface area contributed by atoms with Gasteiger partial charge in [0.2, 0.25) is 0 Å². The standard InChI is InChI=1S/C11H17ClN2O/c1-7(2)9(5-13)11-10(12)4-8(15-3)6-14-11/h4,6-7,9H,5,13H2,1-3H3. The molecule has 1 unspecified atom stereocenters. The summed E-state index contributed by atoms with van der Waals surface area (Å²) in [5.74, 6) is 1.29. The average Bonchev–Trinajstić information content (AvgIpc) is 2.20. The van der Waals surface area contributed by atoms with Gasteiger partial charge in [0.15, 0.2) is 0 Å². The van der Waals surface area contributed by atoms with E-state index in [1.807, 2.05) is 0 Å². The van der Waals surface area contributed by atoms with Crippen LogP contribution < -0.4 is 10.5 Å². The lowest BCUT2D eigenvalue weighted by molar-refractivity contribution is 0.411. The second kappa shape index (κ2) is 5.33. The topological polar surface area (TPSA) is 48.1 Å². The molecule has 0 aliphatic heterocycles. The highest BCUT2D eigenvalue weighted by molar-refractivity contribution is 6.31. The van der Waals surface area contributed by atoms with Gasteiger partial charge in [-0.1, -0.05) is 25.4 Å². The minimum Gasteiger partial charge on any atom is -0.495 e. The molecule has 0 spiro atoms. The third kappa shape index (κ3) is 2.83. The molecule has 2 N–H and O–H groups in total. The zero-order chi connectivity index (χ0) is 11.4. The molecule has 1 rings (SSSR count). The number of nitrogens with two attached hydrogens (primary N) is 1. The van der Waals surface area contributed by atoms with Crippen LogP contribution in [0, 0.1) is 5.92 Å². The number of methoxy groups -OCH3 is 1. The van der Waals surface area contributed by atoms with Crippen LogP contribution in [0.25, 0.3) is 0 Å². The molecular formula is C11H17ClN2O. The fourth-order valence-corrected chi connectivity index (χ4v) is 1.81. The maximum Gasteiger partial charge on any atom is 0.138 e. The van der Waals surface area contributed by atoms with Crippen LogP contribution in [-0.2, 0) is 0 Å². The second-order valence-electron chi connectivity index (χ2n) is 3.83. The molecule has 0 aliphatic rings. The summed E-state index contributed by atoms with van der Waals surface area (Å²) >= 11 is 6.13. The Morgan fingerprint density at radius 1 is 1.53 bits per heavy atom. The molecule has 15 heavy (non-hydrogen) atoms. The van der Waals surface area contributed by atoms with E-state index in [4.69, 9.17) is 22.1 Å². The third-order valence-electron chi connectivity index (χ3n) is 2.49. The fourth-order valence-electron chi connectivity index (χ4n) is 1.51. The first kappa shape index (κ1) is 12.3. The molecule has 0 aliphatic carbocycles. The SMILES string of the molecule is COc1cnc(C(CN)C(C)C)c(Cl)c1. The number of ether oxygens (including phenoxy) is 1. The van der Waals surface area contributed by atoms with Crippen LogP contribution in [0.3, 0.4) is 0 Å². The molecule has 4 heteroatoms. The van der Waals surface area contributed by atoms with E-state index in [1.165, 1.54) is 0 Å². The van der Waals surface area contributed by atoms with Crippen LogP contribution in [0.5, 0.6) is 5.75 Å². The van der Waals surface area contributed by atoms with E-state index >= 15 is 0 Å². The Kier molecular flexibility index (Phi) is 4.36. The number of aromatic nitrogens is 1. The van der Waals surface area contributed by atoms with Crippen LogP contribution in [0.1, 0.15) is 25.5 Å². The first-order chi connectivity index (χ1) is 7.10. The van der Waals surface area contributed by atoms with Gasteiger partial charge in [0.25, 0.3) is 0 Å². The third-order valence-corrected chi connectivity index (χ3v) is 2.79. The number of hydrogen-bond donors (Lipinski definition) is 1. The van der Waals surface area contributed by atoms with Gasteiger partial charge in [0.05, 0.1) is 24.0 Å². The smallest absolute Gasteiger partial charge is 0.138 e. The van der Waals surface area contributed by atoms with Crippen LogP contribution in [0.2, 0.25) is 5.02 Å². The lowest BCUT2D eigenvalue weighted by Crippen LogP contribution is -2.19. The maximum atomic E-state index is 6.13. The molecule has 1 heterocycles. The lowest BCUT2D eigenvalue weighted by Gasteiger charge is -2.19. The number of hydrogen-bond acceptors (Lipinski definition) is 3. The highest BCUT2D eigenvalue weighted by Gasteiger charge is 2.18. The van der Waals surface area contributed by atoms with Crippen LogP contribution in [0.15, 0.2) is 12.3 Å². The van der Waals surface area contributed by atoms with E-state index in [0.29, 0.717) is 23.2 Å². The minimum atomic E-state index is 0.198. The average molecular weight is 229 g/mol. The summed E-state index contributed by atoms with van der Waals surface area (Å²) in [4.78, 5) is 4.30. The molecule has 0 saturated heterocycles. The summed E-state index contributed by atoms with van der Waals surface area (Å²) in [6.45, 7) is 4.77. The van der Waals surface area contributed by atoms with Crippen molar-refractivity contribution in [1.29, 1.82) is 0 Å². The van der Waals surface area contributed by atoms with Crippen molar-refractivity contribution >= 4 is 11.6 Å². The predicted molar refractivity (Wildman–Crippen MR) is 62.4 cm³/mol. The highest BCUT2D eigenvalue weighted by Crippen LogP contribution is 2.29. The van der Waals surface area contributed by atoms with Crippen LogP contribution >= 0.6 is 11.6 Å². The van der Waals surface area contributed by atoms with Gasteiger partial charge in [-0.25, -0.2) is 0 Å². The van der Waals surface area contributed by atoms with Crippen molar-refractivity contribution in [1.82, 2.24) is 4.98 Å². The summed E-state index contributed by atoms with van der Waals surface area (Å²) in [7, 11) is 1.59. The molecule has 84 valence electrons. The molecule has 1 aromatic heterocycles. The molecule has 0 saturated carbocycles. The van der Waals surface area contributed by atoms with Gasteiger partial charge in [-0.2, -0.15) is 0 Å². The number of pyridine rings is 1. The van der Waals surface area contributed by atoms with E-state index in [2.05, 4.69) is 18.8 Å². The van der Waals surface area contributed by atoms with Crippen molar-refractivity contribution in [2.75, 3.05) is 13.7 Å². The minimum absolute atomic E-state index is 0.198. The summed E-state index contributed by atoms with van der Waals surface area (Å²) in [5, 5.41) is 0.624. The Morgan fingerprint density at radius 3 is 2.60 bits per heavy atom. The summed E-state index contributed by atoms with van der Waals surface area (Å²) in [6, 6.07) is 1.77. The van der Waals surface area contributed by atoms with Crippen molar-refractivity contribution in [2.24, 2.45) is 11.7 Å². The van der Waals surface area contributed by atoms with Gasteiger partial charge in [-0.15, -0.1) is 0 Å². The highest BCUT2D eigenvalue weighted by atomic mass is 35.5. The van der Waals surface area contributed by atoms with Crippen molar-refractivity contribution in [3.63, 3.8) is 0 Å². The number of rotatable bonds is 4. The van der Waals surface area contributed by atoms with E-state index in [9.17, 15) is 0 Å². The fraction of sp³-hybridized carbons (Fsp3) is 0.545. The molecule has 0 aromatic carbocycles. The lowest BCUT2D eigenvalue weighted by atomic mass is 9.92. The number of nitrogens with zero attached hydrogens (tertiary/aromatic N) is 1. The van der Waals surface area contributed by atoms with Gasteiger partial charge < -0.3 is 10.5 Å². The van der Waals surface area contributed by atoms with Gasteiger partial charge in [0, 0.05) is 18.5 Å². The molecule has 3 nitrogen and oxygen atoms in total. The van der Waals surface area contributed by atoms with Gasteiger partial charge in [-0.05, 0) is 5.92 Å². The predicted octanol–water partition coefficient (Wildman–Crippen LogP) is 2.44. The van der Waals surface area contributed by atoms with Crippen molar-refractivity contribution in [3.8, 4) is 5.75 Å². The first-order valence-electron chi connectivity index (χ1n) is 4.99. The summed E-state index contributed by atoms with van der Waals surface area (Å²) in [5.41, 5.74) is 6.57. The first-order valence-corrected chi connectivity index (χ1v) is 5.37. The van der Waals surface area contributed by atoms with Crippen molar-refractivity contribution < 1.29 is 4.74 Å². The van der Waals surface area contributed by atoms with E-state index < -0.39 is 0 Å². The molecule has 0 fully saturated rings.